The Morgan fingerprint density at radius 2 is 1.62 bits per heavy atom. The van der Waals surface area contributed by atoms with E-state index in [-0.39, 0.29) is 30.1 Å². The molecule has 2 aromatic rings. The van der Waals surface area contributed by atoms with E-state index in [0.717, 1.165) is 5.56 Å². The van der Waals surface area contributed by atoms with Crippen molar-refractivity contribution in [3.63, 3.8) is 0 Å². The van der Waals surface area contributed by atoms with Gasteiger partial charge in [0.1, 0.15) is 5.82 Å². The van der Waals surface area contributed by atoms with Crippen LogP contribution in [0.3, 0.4) is 0 Å². The van der Waals surface area contributed by atoms with Gasteiger partial charge in [-0.05, 0) is 24.6 Å². The molecule has 0 bridgehead atoms. The molecule has 2 amide bonds. The molecule has 0 saturated carbocycles. The summed E-state index contributed by atoms with van der Waals surface area (Å²) in [7, 11) is 0. The summed E-state index contributed by atoms with van der Waals surface area (Å²) in [6, 6.07) is 16.5. The molecule has 1 aliphatic rings. The van der Waals surface area contributed by atoms with E-state index in [0.29, 0.717) is 38.4 Å². The van der Waals surface area contributed by atoms with E-state index in [1.807, 2.05) is 53.1 Å². The fraction of sp³-hybridized carbons (Fsp3) is 0.391. The van der Waals surface area contributed by atoms with Gasteiger partial charge < -0.3 is 14.7 Å². The fourth-order valence-corrected chi connectivity index (χ4v) is 3.81. The molecule has 5 nitrogen and oxygen atoms in total. The van der Waals surface area contributed by atoms with Crippen LogP contribution in [0.4, 0.5) is 10.1 Å². The van der Waals surface area contributed by atoms with Crippen molar-refractivity contribution in [3.8, 4) is 0 Å². The summed E-state index contributed by atoms with van der Waals surface area (Å²) in [4.78, 5) is 30.3. The van der Waals surface area contributed by atoms with Crippen LogP contribution in [-0.4, -0.2) is 54.3 Å². The summed E-state index contributed by atoms with van der Waals surface area (Å²) < 4.78 is 14.0. The van der Waals surface area contributed by atoms with Crippen LogP contribution in [-0.2, 0) is 9.59 Å². The lowest BCUT2D eigenvalue weighted by Crippen LogP contribution is -2.49. The Balaban J connectivity index is 1.53. The Hall–Kier alpha value is -2.89. The summed E-state index contributed by atoms with van der Waals surface area (Å²) in [6.45, 7) is 6.22. The van der Waals surface area contributed by atoms with Crippen LogP contribution in [0.2, 0.25) is 0 Å². The normalized spacial score (nSPS) is 15.1. The first-order valence-corrected chi connectivity index (χ1v) is 10.1. The van der Waals surface area contributed by atoms with E-state index in [9.17, 15) is 14.0 Å². The first-order chi connectivity index (χ1) is 14.0. The Morgan fingerprint density at radius 1 is 1.00 bits per heavy atom. The zero-order valence-electron chi connectivity index (χ0n) is 17.1. The molecule has 1 aliphatic heterocycles. The third kappa shape index (κ3) is 5.13. The van der Waals surface area contributed by atoms with E-state index in [4.69, 9.17) is 0 Å². The maximum absolute atomic E-state index is 14.0. The minimum atomic E-state index is -0.237. The molecule has 1 atom stereocenters. The van der Waals surface area contributed by atoms with Gasteiger partial charge in [-0.1, -0.05) is 42.5 Å². The molecular weight excluding hydrogens is 369 g/mol. The van der Waals surface area contributed by atoms with Crippen molar-refractivity contribution < 1.29 is 14.0 Å². The second-order valence-corrected chi connectivity index (χ2v) is 7.37. The summed E-state index contributed by atoms with van der Waals surface area (Å²) in [5.74, 6) is -0.248. The number of benzene rings is 2. The molecule has 29 heavy (non-hydrogen) atoms. The molecular formula is C23H28FN3O2. The number of nitrogens with zero attached hydrogens (tertiary/aromatic N) is 3. The van der Waals surface area contributed by atoms with Crippen LogP contribution in [0.25, 0.3) is 0 Å². The van der Waals surface area contributed by atoms with Crippen molar-refractivity contribution >= 4 is 17.5 Å². The van der Waals surface area contributed by atoms with Crippen LogP contribution in [0, 0.1) is 5.82 Å². The standard InChI is InChI=1S/C23H28FN3O2/c1-18(20-8-4-3-5-9-20)27(19(2)28)13-12-23(29)26-16-14-25(15-17-26)22-11-7-6-10-21(22)24/h3-11,18H,12-17H2,1-2H3. The Morgan fingerprint density at radius 3 is 2.24 bits per heavy atom. The minimum absolute atomic E-state index is 0.0321. The number of para-hydroxylation sites is 1. The van der Waals surface area contributed by atoms with Gasteiger partial charge in [0.25, 0.3) is 0 Å². The first-order valence-electron chi connectivity index (χ1n) is 10.1. The summed E-state index contributed by atoms with van der Waals surface area (Å²) >= 11 is 0. The smallest absolute Gasteiger partial charge is 0.224 e. The van der Waals surface area contributed by atoms with E-state index in [2.05, 4.69) is 0 Å². The number of carbonyl (C=O) groups excluding carboxylic acids is 2. The van der Waals surface area contributed by atoms with Gasteiger partial charge in [0, 0.05) is 46.1 Å². The monoisotopic (exact) mass is 397 g/mol. The average Bonchev–Trinajstić information content (AvgIpc) is 2.74. The molecule has 1 heterocycles. The summed E-state index contributed by atoms with van der Waals surface area (Å²) in [5, 5.41) is 0. The second kappa shape index (κ2) is 9.54. The molecule has 6 heteroatoms. The number of halogens is 1. The van der Waals surface area contributed by atoms with Gasteiger partial charge in [-0.25, -0.2) is 4.39 Å². The van der Waals surface area contributed by atoms with Crippen molar-refractivity contribution in [3.05, 3.63) is 66.0 Å². The van der Waals surface area contributed by atoms with Gasteiger partial charge in [0.05, 0.1) is 11.7 Å². The van der Waals surface area contributed by atoms with Crippen molar-refractivity contribution in [2.75, 3.05) is 37.6 Å². The molecule has 0 radical (unpaired) electrons. The molecule has 3 rings (SSSR count). The van der Waals surface area contributed by atoms with E-state index in [1.165, 1.54) is 13.0 Å². The van der Waals surface area contributed by atoms with Gasteiger partial charge in [-0.3, -0.25) is 9.59 Å². The van der Waals surface area contributed by atoms with Crippen LogP contribution < -0.4 is 4.90 Å². The molecule has 1 unspecified atom stereocenters. The largest absolute Gasteiger partial charge is 0.366 e. The van der Waals surface area contributed by atoms with E-state index >= 15 is 0 Å². The molecule has 0 aliphatic carbocycles. The van der Waals surface area contributed by atoms with Gasteiger partial charge in [0.2, 0.25) is 11.8 Å². The van der Waals surface area contributed by atoms with Crippen LogP contribution >= 0.6 is 0 Å². The maximum Gasteiger partial charge on any atom is 0.224 e. The molecule has 2 aromatic carbocycles. The Bertz CT molecular complexity index is 835. The van der Waals surface area contributed by atoms with Crippen molar-refractivity contribution in [1.29, 1.82) is 0 Å². The van der Waals surface area contributed by atoms with Crippen LogP contribution in [0.5, 0.6) is 0 Å². The number of hydrogen-bond donors (Lipinski definition) is 0. The lowest BCUT2D eigenvalue weighted by Gasteiger charge is -2.37. The number of hydrogen-bond acceptors (Lipinski definition) is 3. The van der Waals surface area contributed by atoms with E-state index in [1.54, 1.807) is 17.0 Å². The zero-order valence-corrected chi connectivity index (χ0v) is 17.1. The van der Waals surface area contributed by atoms with Gasteiger partial charge in [0.15, 0.2) is 0 Å². The first kappa shape index (κ1) is 20.8. The number of carbonyl (C=O) groups is 2. The SMILES string of the molecule is CC(=O)N(CCC(=O)N1CCN(c2ccccc2F)CC1)C(C)c1ccccc1. The van der Waals surface area contributed by atoms with Crippen molar-refractivity contribution in [1.82, 2.24) is 9.80 Å². The quantitative estimate of drug-likeness (QED) is 0.750. The Labute approximate surface area is 171 Å². The van der Waals surface area contributed by atoms with Crippen LogP contribution in [0.1, 0.15) is 31.9 Å². The van der Waals surface area contributed by atoms with E-state index < -0.39 is 0 Å². The highest BCUT2D eigenvalue weighted by atomic mass is 19.1. The zero-order chi connectivity index (χ0) is 20.8. The minimum Gasteiger partial charge on any atom is -0.366 e. The highest BCUT2D eigenvalue weighted by Gasteiger charge is 2.24. The molecule has 0 spiro atoms. The summed E-state index contributed by atoms with van der Waals surface area (Å²) in [5.41, 5.74) is 1.63. The molecule has 1 fully saturated rings. The van der Waals surface area contributed by atoms with Gasteiger partial charge in [-0.2, -0.15) is 0 Å². The molecule has 0 N–H and O–H groups in total. The highest BCUT2D eigenvalue weighted by molar-refractivity contribution is 5.78. The predicted octanol–water partition coefficient (Wildman–Crippen LogP) is 3.47. The average molecular weight is 397 g/mol. The van der Waals surface area contributed by atoms with Crippen molar-refractivity contribution in [2.24, 2.45) is 0 Å². The molecule has 0 aromatic heterocycles. The third-order valence-electron chi connectivity index (χ3n) is 5.55. The Kier molecular flexibility index (Phi) is 6.86. The van der Waals surface area contributed by atoms with Crippen molar-refractivity contribution in [2.45, 2.75) is 26.3 Å². The lowest BCUT2D eigenvalue weighted by atomic mass is 10.1. The van der Waals surface area contributed by atoms with Gasteiger partial charge >= 0.3 is 0 Å². The van der Waals surface area contributed by atoms with Gasteiger partial charge in [-0.15, -0.1) is 0 Å². The number of anilines is 1. The predicted molar refractivity (Wildman–Crippen MR) is 112 cm³/mol. The number of piperazine rings is 1. The highest BCUT2D eigenvalue weighted by Crippen LogP contribution is 2.22. The van der Waals surface area contributed by atoms with Crippen LogP contribution in [0.15, 0.2) is 54.6 Å². The molecule has 1 saturated heterocycles. The topological polar surface area (TPSA) is 43.9 Å². The maximum atomic E-state index is 14.0. The number of rotatable bonds is 6. The second-order valence-electron chi connectivity index (χ2n) is 7.37. The summed E-state index contributed by atoms with van der Waals surface area (Å²) in [6.07, 6.45) is 0.288. The number of amides is 2. The lowest BCUT2D eigenvalue weighted by molar-refractivity contribution is -0.134. The molecule has 154 valence electrons. The fourth-order valence-electron chi connectivity index (χ4n) is 3.81. The third-order valence-corrected chi connectivity index (χ3v) is 5.55.